The molecule has 0 saturated carbocycles. The Bertz CT molecular complexity index is 190. The highest BCUT2D eigenvalue weighted by molar-refractivity contribution is 7.91. The smallest absolute Gasteiger partial charge is 0.0452 e. The van der Waals surface area contributed by atoms with E-state index < -0.39 is 17.8 Å². The molecule has 62 valence electrons. The van der Waals surface area contributed by atoms with Crippen molar-refractivity contribution in [2.75, 3.05) is 12.0 Å². The highest BCUT2D eigenvalue weighted by Crippen LogP contribution is 2.09. The Morgan fingerprint density at radius 1 is 1.40 bits per heavy atom. The summed E-state index contributed by atoms with van der Waals surface area (Å²) in [4.78, 5) is 0. The van der Waals surface area contributed by atoms with Gasteiger partial charge >= 0.3 is 0 Å². The van der Waals surface area contributed by atoms with E-state index in [1.165, 1.54) is 6.26 Å². The van der Waals surface area contributed by atoms with E-state index >= 15 is 0 Å². The minimum Gasteiger partial charge on any atom is -0.253 e. The maximum Gasteiger partial charge on any atom is 0.0452 e. The van der Waals surface area contributed by atoms with E-state index in [0.29, 0.717) is 5.75 Å². The zero-order valence-corrected chi connectivity index (χ0v) is 9.05. The fraction of sp³-hybridized carbons (Fsp3) is 1.00. The molecular weight excluding hydrogens is 162 g/mol. The van der Waals surface area contributed by atoms with Gasteiger partial charge in [0.1, 0.15) is 0 Å². The number of nitrogens with one attached hydrogen (secondary N) is 1. The van der Waals surface area contributed by atoms with Crippen LogP contribution in [0.4, 0.5) is 0 Å². The van der Waals surface area contributed by atoms with E-state index in [1.54, 1.807) is 0 Å². The van der Waals surface area contributed by atoms with Crippen LogP contribution in [-0.2, 0) is 9.73 Å². The van der Waals surface area contributed by atoms with Crippen molar-refractivity contribution in [1.82, 2.24) is 0 Å². The summed E-state index contributed by atoms with van der Waals surface area (Å²) in [7, 11) is -3.29. The zero-order chi connectivity index (χ0) is 8.41. The second-order valence-electron chi connectivity index (χ2n) is 4.02. The van der Waals surface area contributed by atoms with Crippen LogP contribution in [0.25, 0.3) is 0 Å². The Kier molecular flexibility index (Phi) is 3.10. The highest BCUT2D eigenvalue weighted by Gasteiger charge is 2.14. The minimum atomic E-state index is -2.22. The van der Waals surface area contributed by atoms with Crippen molar-refractivity contribution >= 4 is 17.8 Å². The van der Waals surface area contributed by atoms with Crippen LogP contribution in [0, 0.1) is 4.78 Å². The van der Waals surface area contributed by atoms with Crippen LogP contribution in [0.2, 0.25) is 25.7 Å². The predicted molar refractivity (Wildman–Crippen MR) is 49.8 cm³/mol. The first kappa shape index (κ1) is 10.2. The van der Waals surface area contributed by atoms with Crippen LogP contribution in [0.15, 0.2) is 0 Å². The molecule has 0 bridgehead atoms. The van der Waals surface area contributed by atoms with Gasteiger partial charge in [-0.2, -0.15) is 0 Å². The van der Waals surface area contributed by atoms with Crippen molar-refractivity contribution in [3.05, 3.63) is 0 Å². The van der Waals surface area contributed by atoms with Gasteiger partial charge in [-0.1, -0.05) is 19.6 Å². The largest absolute Gasteiger partial charge is 0.253 e. The molecule has 2 nitrogen and oxygen atoms in total. The normalized spacial score (nSPS) is 18.4. The van der Waals surface area contributed by atoms with Gasteiger partial charge in [0, 0.05) is 29.8 Å². The quantitative estimate of drug-likeness (QED) is 0.661. The summed E-state index contributed by atoms with van der Waals surface area (Å²) < 4.78 is 18.1. The SMILES string of the molecule is C[Si](C)(C)CCS(C)(=N)=O. The maximum absolute atomic E-state index is 10.9. The van der Waals surface area contributed by atoms with Gasteiger partial charge in [0.25, 0.3) is 0 Å². The van der Waals surface area contributed by atoms with E-state index in [4.69, 9.17) is 4.78 Å². The van der Waals surface area contributed by atoms with Gasteiger partial charge in [-0.25, -0.2) is 0 Å². The molecule has 1 unspecified atom stereocenters. The lowest BCUT2D eigenvalue weighted by molar-refractivity contribution is 0.679. The molecule has 0 aromatic rings. The second kappa shape index (κ2) is 3.05. The standard InChI is InChI=1S/C6H17NOSSi/c1-9(7,8)5-6-10(2,3)4/h7H,5-6H2,1-4H3. The molecule has 0 saturated heterocycles. The first-order chi connectivity index (χ1) is 4.21. The van der Waals surface area contributed by atoms with Crippen molar-refractivity contribution in [3.63, 3.8) is 0 Å². The third-order valence-corrected chi connectivity index (χ3v) is 4.34. The maximum atomic E-state index is 10.9. The lowest BCUT2D eigenvalue weighted by Crippen LogP contribution is -2.22. The van der Waals surface area contributed by atoms with Crippen molar-refractivity contribution in [2.45, 2.75) is 25.7 Å². The highest BCUT2D eigenvalue weighted by atomic mass is 32.2. The Labute approximate surface area is 65.0 Å². The first-order valence-electron chi connectivity index (χ1n) is 3.42. The van der Waals surface area contributed by atoms with E-state index in [9.17, 15) is 4.21 Å². The third kappa shape index (κ3) is 8.17. The van der Waals surface area contributed by atoms with Crippen LogP contribution in [0.1, 0.15) is 0 Å². The molecule has 0 aliphatic carbocycles. The molecule has 0 aliphatic rings. The molecule has 0 aromatic carbocycles. The summed E-state index contributed by atoms with van der Waals surface area (Å²) in [6.45, 7) is 6.70. The lowest BCUT2D eigenvalue weighted by atomic mass is 11.0. The summed E-state index contributed by atoms with van der Waals surface area (Å²) in [5, 5.41) is 0. The van der Waals surface area contributed by atoms with Crippen molar-refractivity contribution in [3.8, 4) is 0 Å². The van der Waals surface area contributed by atoms with Crippen molar-refractivity contribution < 1.29 is 4.21 Å². The fourth-order valence-corrected chi connectivity index (χ4v) is 4.51. The average Bonchev–Trinajstić information content (AvgIpc) is 1.57. The summed E-state index contributed by atoms with van der Waals surface area (Å²) in [5.41, 5.74) is 0. The van der Waals surface area contributed by atoms with Crippen LogP contribution < -0.4 is 0 Å². The van der Waals surface area contributed by atoms with E-state index in [0.717, 1.165) is 6.04 Å². The van der Waals surface area contributed by atoms with E-state index in [1.807, 2.05) is 0 Å². The molecule has 1 N–H and O–H groups in total. The molecule has 4 heteroatoms. The Morgan fingerprint density at radius 2 is 1.80 bits per heavy atom. The molecule has 0 rings (SSSR count). The fourth-order valence-electron chi connectivity index (χ4n) is 0.501. The van der Waals surface area contributed by atoms with Crippen LogP contribution >= 0.6 is 0 Å². The topological polar surface area (TPSA) is 40.9 Å². The molecule has 0 aliphatic heterocycles. The number of hydrogen-bond donors (Lipinski definition) is 1. The average molecular weight is 179 g/mol. The molecule has 0 spiro atoms. The first-order valence-corrected chi connectivity index (χ1v) is 9.26. The summed E-state index contributed by atoms with van der Waals surface area (Å²) in [6, 6.07) is 1.01. The molecule has 0 radical (unpaired) electrons. The molecule has 1 atom stereocenters. The van der Waals surface area contributed by atoms with Gasteiger partial charge in [-0.3, -0.25) is 8.99 Å². The Morgan fingerprint density at radius 3 is 1.90 bits per heavy atom. The van der Waals surface area contributed by atoms with Gasteiger partial charge in [-0.15, -0.1) is 0 Å². The molecule has 0 heterocycles. The molecular formula is C6H17NOSSi. The predicted octanol–water partition coefficient (Wildman–Crippen LogP) is 2.00. The Hall–Kier alpha value is 0.167. The van der Waals surface area contributed by atoms with Crippen LogP contribution in [0.5, 0.6) is 0 Å². The second-order valence-corrected chi connectivity index (χ2v) is 12.1. The lowest BCUT2D eigenvalue weighted by Gasteiger charge is -2.14. The summed E-state index contributed by atoms with van der Waals surface area (Å²) in [6.07, 6.45) is 1.52. The molecule has 10 heavy (non-hydrogen) atoms. The van der Waals surface area contributed by atoms with Crippen molar-refractivity contribution in [1.29, 1.82) is 4.78 Å². The van der Waals surface area contributed by atoms with Crippen LogP contribution in [0.3, 0.4) is 0 Å². The van der Waals surface area contributed by atoms with Gasteiger partial charge in [0.05, 0.1) is 0 Å². The number of rotatable bonds is 3. The molecule has 0 aromatic heterocycles. The molecule has 0 fully saturated rings. The summed E-state index contributed by atoms with van der Waals surface area (Å²) >= 11 is 0. The van der Waals surface area contributed by atoms with Gasteiger partial charge < -0.3 is 0 Å². The van der Waals surface area contributed by atoms with Crippen molar-refractivity contribution in [2.24, 2.45) is 0 Å². The Balaban J connectivity index is 3.79. The van der Waals surface area contributed by atoms with Gasteiger partial charge in [0.15, 0.2) is 0 Å². The van der Waals surface area contributed by atoms with Crippen LogP contribution in [-0.4, -0.2) is 24.3 Å². The van der Waals surface area contributed by atoms with E-state index in [2.05, 4.69) is 19.6 Å². The third-order valence-electron chi connectivity index (χ3n) is 1.24. The van der Waals surface area contributed by atoms with Gasteiger partial charge in [-0.05, 0) is 6.04 Å². The number of hydrogen-bond acceptors (Lipinski definition) is 2. The monoisotopic (exact) mass is 179 g/mol. The van der Waals surface area contributed by atoms with Gasteiger partial charge in [0.2, 0.25) is 0 Å². The van der Waals surface area contributed by atoms with E-state index in [-0.39, 0.29) is 0 Å². The molecule has 0 amide bonds. The summed E-state index contributed by atoms with van der Waals surface area (Å²) in [5.74, 6) is 0.586. The minimum absolute atomic E-state index is 0.586. The zero-order valence-electron chi connectivity index (χ0n) is 7.23.